The average Bonchev–Trinajstić information content (AvgIpc) is 2.94. The molecule has 1 heterocycles. The minimum atomic E-state index is -0.449. The molecule has 0 aliphatic carbocycles. The lowest BCUT2D eigenvalue weighted by Gasteiger charge is -2.10. The lowest BCUT2D eigenvalue weighted by Crippen LogP contribution is -2.20. The van der Waals surface area contributed by atoms with Crippen LogP contribution in [0.2, 0.25) is 5.02 Å². The normalized spacial score (nSPS) is 12.7. The van der Waals surface area contributed by atoms with Crippen LogP contribution in [0.25, 0.3) is 11.5 Å². The molecule has 6 nitrogen and oxygen atoms in total. The van der Waals surface area contributed by atoms with E-state index in [0.717, 1.165) is 0 Å². The monoisotopic (exact) mass is 311 g/mol. The van der Waals surface area contributed by atoms with Crippen LogP contribution in [0.4, 0.5) is 0 Å². The van der Waals surface area contributed by atoms with Gasteiger partial charge in [-0.15, -0.1) is 0 Å². The van der Waals surface area contributed by atoms with E-state index in [9.17, 15) is 0 Å². The number of rotatable bonds is 6. The standard InChI is InChI=1S/C14H18ClN3O3/c1-8(2)20-7-11(16)13-17-14(21-18-13)10-6-9(15)4-5-12(10)19-3/h4-6,8,11H,7,16H2,1-3H3. The summed E-state index contributed by atoms with van der Waals surface area (Å²) < 4.78 is 15.9. The van der Waals surface area contributed by atoms with E-state index in [1.165, 1.54) is 0 Å². The molecule has 1 unspecified atom stereocenters. The van der Waals surface area contributed by atoms with Gasteiger partial charge in [-0.25, -0.2) is 0 Å². The van der Waals surface area contributed by atoms with Gasteiger partial charge in [0.15, 0.2) is 5.82 Å². The zero-order chi connectivity index (χ0) is 15.4. The van der Waals surface area contributed by atoms with Crippen molar-refractivity contribution < 1.29 is 14.0 Å². The van der Waals surface area contributed by atoms with Crippen LogP contribution in [0.5, 0.6) is 5.75 Å². The van der Waals surface area contributed by atoms with E-state index >= 15 is 0 Å². The number of hydrogen-bond acceptors (Lipinski definition) is 6. The first-order valence-corrected chi connectivity index (χ1v) is 6.93. The Morgan fingerprint density at radius 2 is 2.14 bits per heavy atom. The number of aromatic nitrogens is 2. The molecule has 0 bridgehead atoms. The van der Waals surface area contributed by atoms with Crippen LogP contribution in [0, 0.1) is 0 Å². The Balaban J connectivity index is 2.21. The van der Waals surface area contributed by atoms with Gasteiger partial charge in [-0.1, -0.05) is 16.8 Å². The van der Waals surface area contributed by atoms with Crippen LogP contribution in [-0.4, -0.2) is 30.0 Å². The fourth-order valence-corrected chi connectivity index (χ4v) is 1.88. The molecule has 1 atom stereocenters. The maximum absolute atomic E-state index is 5.99. The van der Waals surface area contributed by atoms with Crippen molar-refractivity contribution in [3.63, 3.8) is 0 Å². The molecule has 2 N–H and O–H groups in total. The van der Waals surface area contributed by atoms with E-state index < -0.39 is 6.04 Å². The summed E-state index contributed by atoms with van der Waals surface area (Å²) in [6.07, 6.45) is 0.0930. The largest absolute Gasteiger partial charge is 0.496 e. The van der Waals surface area contributed by atoms with Crippen molar-refractivity contribution in [3.8, 4) is 17.2 Å². The van der Waals surface area contributed by atoms with Gasteiger partial charge in [0.2, 0.25) is 0 Å². The molecule has 21 heavy (non-hydrogen) atoms. The number of halogens is 1. The van der Waals surface area contributed by atoms with Crippen molar-refractivity contribution in [2.45, 2.75) is 26.0 Å². The van der Waals surface area contributed by atoms with Gasteiger partial charge in [-0.3, -0.25) is 0 Å². The van der Waals surface area contributed by atoms with Gasteiger partial charge in [0, 0.05) is 5.02 Å². The number of nitrogens with two attached hydrogens (primary N) is 1. The van der Waals surface area contributed by atoms with Gasteiger partial charge in [0.05, 0.1) is 31.4 Å². The molecule has 2 rings (SSSR count). The van der Waals surface area contributed by atoms with Gasteiger partial charge >= 0.3 is 0 Å². The number of ether oxygens (including phenoxy) is 2. The number of benzene rings is 1. The Morgan fingerprint density at radius 3 is 2.81 bits per heavy atom. The molecular formula is C14H18ClN3O3. The molecule has 0 saturated heterocycles. The Morgan fingerprint density at radius 1 is 1.38 bits per heavy atom. The van der Waals surface area contributed by atoms with Crippen molar-refractivity contribution in [1.29, 1.82) is 0 Å². The van der Waals surface area contributed by atoms with E-state index in [1.54, 1.807) is 25.3 Å². The van der Waals surface area contributed by atoms with Crippen molar-refractivity contribution in [1.82, 2.24) is 10.1 Å². The highest BCUT2D eigenvalue weighted by Crippen LogP contribution is 2.31. The second-order valence-corrected chi connectivity index (χ2v) is 5.23. The summed E-state index contributed by atoms with van der Waals surface area (Å²) in [5.41, 5.74) is 6.59. The summed E-state index contributed by atoms with van der Waals surface area (Å²) in [7, 11) is 1.56. The highest BCUT2D eigenvalue weighted by molar-refractivity contribution is 6.30. The van der Waals surface area contributed by atoms with E-state index in [1.807, 2.05) is 13.8 Å². The summed E-state index contributed by atoms with van der Waals surface area (Å²) in [5.74, 6) is 1.29. The fraction of sp³-hybridized carbons (Fsp3) is 0.429. The molecule has 0 aliphatic heterocycles. The second-order valence-electron chi connectivity index (χ2n) is 4.79. The maximum Gasteiger partial charge on any atom is 0.261 e. The summed E-state index contributed by atoms with van der Waals surface area (Å²) in [6.45, 7) is 4.19. The number of methoxy groups -OCH3 is 1. The van der Waals surface area contributed by atoms with Crippen molar-refractivity contribution in [2.24, 2.45) is 5.73 Å². The van der Waals surface area contributed by atoms with Gasteiger partial charge in [0.25, 0.3) is 5.89 Å². The van der Waals surface area contributed by atoms with Crippen LogP contribution in [0.3, 0.4) is 0 Å². The Labute approximate surface area is 128 Å². The molecular weight excluding hydrogens is 294 g/mol. The highest BCUT2D eigenvalue weighted by atomic mass is 35.5. The lowest BCUT2D eigenvalue weighted by atomic mass is 10.2. The molecule has 0 amide bonds. The minimum Gasteiger partial charge on any atom is -0.496 e. The molecule has 0 radical (unpaired) electrons. The lowest BCUT2D eigenvalue weighted by molar-refractivity contribution is 0.0665. The molecule has 1 aromatic carbocycles. The van der Waals surface area contributed by atoms with Gasteiger partial charge < -0.3 is 19.7 Å². The van der Waals surface area contributed by atoms with Gasteiger partial charge in [0.1, 0.15) is 5.75 Å². The first-order valence-electron chi connectivity index (χ1n) is 6.56. The number of nitrogens with zero attached hydrogens (tertiary/aromatic N) is 2. The van der Waals surface area contributed by atoms with E-state index in [0.29, 0.717) is 34.7 Å². The third kappa shape index (κ3) is 3.93. The molecule has 2 aromatic rings. The molecule has 114 valence electrons. The quantitative estimate of drug-likeness (QED) is 0.883. The van der Waals surface area contributed by atoms with Crippen molar-refractivity contribution in [2.75, 3.05) is 13.7 Å². The highest BCUT2D eigenvalue weighted by Gasteiger charge is 2.18. The predicted molar refractivity (Wildman–Crippen MR) is 79.3 cm³/mol. The van der Waals surface area contributed by atoms with E-state index in [2.05, 4.69) is 10.1 Å². The Kier molecular flexibility index (Phi) is 5.17. The van der Waals surface area contributed by atoms with E-state index in [4.69, 9.17) is 31.3 Å². The molecule has 0 aliphatic rings. The molecule has 0 spiro atoms. The first-order chi connectivity index (χ1) is 10.0. The zero-order valence-electron chi connectivity index (χ0n) is 12.2. The molecule has 1 aromatic heterocycles. The van der Waals surface area contributed by atoms with Crippen LogP contribution >= 0.6 is 11.6 Å². The molecule has 0 saturated carbocycles. The SMILES string of the molecule is COc1ccc(Cl)cc1-c1nc(C(N)COC(C)C)no1. The number of hydrogen-bond donors (Lipinski definition) is 1. The van der Waals surface area contributed by atoms with Crippen LogP contribution in [0.1, 0.15) is 25.7 Å². The summed E-state index contributed by atoms with van der Waals surface area (Å²) in [6, 6.07) is 4.72. The third-order valence-corrected chi connectivity index (χ3v) is 3.01. The van der Waals surface area contributed by atoms with Crippen LogP contribution in [0.15, 0.2) is 22.7 Å². The Hall–Kier alpha value is -1.63. The first kappa shape index (κ1) is 15.8. The van der Waals surface area contributed by atoms with Crippen LogP contribution in [-0.2, 0) is 4.74 Å². The van der Waals surface area contributed by atoms with Gasteiger partial charge in [-0.2, -0.15) is 4.98 Å². The zero-order valence-corrected chi connectivity index (χ0v) is 12.9. The van der Waals surface area contributed by atoms with E-state index in [-0.39, 0.29) is 6.10 Å². The van der Waals surface area contributed by atoms with Crippen molar-refractivity contribution in [3.05, 3.63) is 29.0 Å². The minimum absolute atomic E-state index is 0.0930. The summed E-state index contributed by atoms with van der Waals surface area (Å²) >= 11 is 5.99. The fourth-order valence-electron chi connectivity index (χ4n) is 1.71. The van der Waals surface area contributed by atoms with Crippen molar-refractivity contribution >= 4 is 11.6 Å². The second kappa shape index (κ2) is 6.89. The molecule has 7 heteroatoms. The maximum atomic E-state index is 5.99. The predicted octanol–water partition coefficient (Wildman–Crippen LogP) is 2.82. The third-order valence-electron chi connectivity index (χ3n) is 2.77. The van der Waals surface area contributed by atoms with Crippen LogP contribution < -0.4 is 10.5 Å². The van der Waals surface area contributed by atoms with Gasteiger partial charge in [-0.05, 0) is 32.0 Å². The smallest absolute Gasteiger partial charge is 0.261 e. The average molecular weight is 312 g/mol. The summed E-state index contributed by atoms with van der Waals surface area (Å²) in [4.78, 5) is 4.29. The topological polar surface area (TPSA) is 83.4 Å². The summed E-state index contributed by atoms with van der Waals surface area (Å²) in [5, 5.41) is 4.44. The Bertz CT molecular complexity index is 601. The molecule has 0 fully saturated rings.